The van der Waals surface area contributed by atoms with Gasteiger partial charge >= 0.3 is 0 Å². The van der Waals surface area contributed by atoms with Crippen molar-refractivity contribution in [1.82, 2.24) is 9.80 Å². The Morgan fingerprint density at radius 1 is 0.640 bits per heavy atom. The minimum absolute atomic E-state index is 0.00576. The highest BCUT2D eigenvalue weighted by molar-refractivity contribution is 5.97. The van der Waals surface area contributed by atoms with Crippen molar-refractivity contribution in [3.8, 4) is 23.0 Å². The van der Waals surface area contributed by atoms with Crippen LogP contribution in [0.15, 0.2) is 34.5 Å². The van der Waals surface area contributed by atoms with Crippen molar-refractivity contribution in [3.05, 3.63) is 46.5 Å². The van der Waals surface area contributed by atoms with Crippen LogP contribution in [0.1, 0.15) is 86.5 Å². The molecule has 4 saturated carbocycles. The normalized spacial score (nSPS) is 43.4. The van der Waals surface area contributed by atoms with E-state index < -0.39 is 34.2 Å². The van der Waals surface area contributed by atoms with E-state index >= 15 is 0 Å². The SMILES string of the molecule is Oc1ccc2c3c1OC1/C(=N\N=C4/CCC5(O)C6Cc7ccc(O)c8c7C5(CCN6CC5CC5)C4O8)CCC4(O)C(C2)N(CC2CC2)CCC314. The maximum Gasteiger partial charge on any atom is 0.166 e. The number of likely N-dealkylation sites (tertiary alicyclic amines) is 2. The maximum atomic E-state index is 12.9. The molecule has 8 unspecified atom stereocenters. The van der Waals surface area contributed by atoms with E-state index in [2.05, 4.69) is 9.80 Å². The van der Waals surface area contributed by atoms with Crippen molar-refractivity contribution in [1.29, 1.82) is 0 Å². The quantitative estimate of drug-likeness (QED) is 0.353. The summed E-state index contributed by atoms with van der Waals surface area (Å²) in [5.41, 5.74) is 2.56. The van der Waals surface area contributed by atoms with Crippen LogP contribution in [0.5, 0.6) is 23.0 Å². The molecule has 8 atom stereocenters. The van der Waals surface area contributed by atoms with E-state index in [4.69, 9.17) is 19.7 Å². The smallest absolute Gasteiger partial charge is 0.166 e. The molecule has 6 aliphatic carbocycles. The van der Waals surface area contributed by atoms with Gasteiger partial charge in [0, 0.05) is 36.3 Å². The lowest BCUT2D eigenvalue weighted by Crippen LogP contribution is -2.76. The molecule has 0 amide bonds. The first-order valence-electron chi connectivity index (χ1n) is 19.4. The summed E-state index contributed by atoms with van der Waals surface area (Å²) >= 11 is 0. The van der Waals surface area contributed by atoms with Crippen molar-refractivity contribution < 1.29 is 29.9 Å². The second-order valence-electron chi connectivity index (χ2n) is 17.7. The summed E-state index contributed by atoms with van der Waals surface area (Å²) in [4.78, 5) is 5.09. The summed E-state index contributed by atoms with van der Waals surface area (Å²) in [6.45, 7) is 3.86. The molecule has 4 heterocycles. The standard InChI is InChI=1S/C40H46N4O6/c45-27-7-5-23-17-29-39(47)11-9-25(35-37(39,31(23)33(27)49-35)13-15-43(29)19-21-1-2-21)41-42-26-10-12-40(48)30-18-24-6-8-28(46)34-32(24)38(40,36(26)50-34)14-16-44(30)20-22-3-4-22/h5-8,21-22,29-30,35-36,45-48H,1-4,9-20H2/b41-25-,42-26+. The third-order valence-electron chi connectivity index (χ3n) is 15.5. The lowest BCUT2D eigenvalue weighted by Gasteiger charge is -2.63. The van der Waals surface area contributed by atoms with E-state index in [1.165, 1.54) is 36.8 Å². The maximum absolute atomic E-state index is 12.9. The number of phenolic OH excluding ortho intramolecular Hbond substituents is 2. The van der Waals surface area contributed by atoms with Crippen molar-refractivity contribution in [2.75, 3.05) is 26.2 Å². The van der Waals surface area contributed by atoms with Gasteiger partial charge in [0.25, 0.3) is 0 Å². The predicted octanol–water partition coefficient (Wildman–Crippen LogP) is 3.72. The zero-order chi connectivity index (χ0) is 33.4. The lowest BCUT2D eigenvalue weighted by molar-refractivity contribution is -0.167. The Morgan fingerprint density at radius 3 is 1.50 bits per heavy atom. The predicted molar refractivity (Wildman–Crippen MR) is 184 cm³/mol. The molecular formula is C40H46N4O6. The molecule has 4 N–H and O–H groups in total. The Bertz CT molecular complexity index is 1800. The highest BCUT2D eigenvalue weighted by Gasteiger charge is 2.74. The topological polar surface area (TPSA) is 131 Å². The molecule has 2 saturated heterocycles. The van der Waals surface area contributed by atoms with Crippen LogP contribution < -0.4 is 9.47 Å². The summed E-state index contributed by atoms with van der Waals surface area (Å²) in [7, 11) is 0. The fourth-order valence-corrected chi connectivity index (χ4v) is 12.9. The number of hydrogen-bond acceptors (Lipinski definition) is 10. The minimum atomic E-state index is -0.987. The van der Waals surface area contributed by atoms with E-state index in [9.17, 15) is 20.4 Å². The molecule has 10 nitrogen and oxygen atoms in total. The van der Waals surface area contributed by atoms with E-state index in [0.29, 0.717) is 37.2 Å². The molecule has 6 fully saturated rings. The molecule has 0 aromatic heterocycles. The van der Waals surface area contributed by atoms with E-state index in [-0.39, 0.29) is 23.6 Å². The molecule has 12 rings (SSSR count). The molecule has 2 aromatic rings. The average Bonchev–Trinajstić information content (AvgIpc) is 4.03. The van der Waals surface area contributed by atoms with Gasteiger partial charge in [-0.2, -0.15) is 10.2 Å². The minimum Gasteiger partial charge on any atom is -0.504 e. The van der Waals surface area contributed by atoms with Crippen molar-refractivity contribution >= 4 is 11.4 Å². The van der Waals surface area contributed by atoms with Gasteiger partial charge in [0.15, 0.2) is 35.2 Å². The van der Waals surface area contributed by atoms with Gasteiger partial charge in [-0.15, -0.1) is 0 Å². The molecular weight excluding hydrogens is 632 g/mol. The van der Waals surface area contributed by atoms with Crippen LogP contribution in [0.4, 0.5) is 0 Å². The first-order chi connectivity index (χ1) is 24.2. The van der Waals surface area contributed by atoms with Crippen LogP contribution >= 0.6 is 0 Å². The molecule has 0 radical (unpaired) electrons. The molecule has 262 valence electrons. The summed E-state index contributed by atoms with van der Waals surface area (Å²) in [6.07, 6.45) is 9.35. The van der Waals surface area contributed by atoms with Gasteiger partial charge in [-0.3, -0.25) is 9.80 Å². The van der Waals surface area contributed by atoms with Gasteiger partial charge in [0.1, 0.15) is 0 Å². The molecule has 4 bridgehead atoms. The highest BCUT2D eigenvalue weighted by atomic mass is 16.5. The molecule has 10 heteroatoms. The average molecular weight is 679 g/mol. The fourth-order valence-electron chi connectivity index (χ4n) is 12.9. The van der Waals surface area contributed by atoms with E-state index in [1.54, 1.807) is 12.1 Å². The van der Waals surface area contributed by atoms with Crippen molar-refractivity contribution in [2.24, 2.45) is 22.0 Å². The first kappa shape index (κ1) is 29.4. The van der Waals surface area contributed by atoms with Gasteiger partial charge < -0.3 is 29.9 Å². The van der Waals surface area contributed by atoms with Crippen LogP contribution in [0.25, 0.3) is 0 Å². The number of phenols is 2. The number of nitrogens with zero attached hydrogens (tertiary/aromatic N) is 4. The van der Waals surface area contributed by atoms with Crippen LogP contribution in [0, 0.1) is 11.8 Å². The van der Waals surface area contributed by atoms with Gasteiger partial charge in [0.05, 0.1) is 33.5 Å². The van der Waals surface area contributed by atoms with Crippen molar-refractivity contribution in [2.45, 2.75) is 123 Å². The second kappa shape index (κ2) is 9.43. The summed E-state index contributed by atoms with van der Waals surface area (Å²) in [6, 6.07) is 7.58. The van der Waals surface area contributed by atoms with Crippen LogP contribution in [-0.2, 0) is 23.7 Å². The summed E-state index contributed by atoms with van der Waals surface area (Å²) < 4.78 is 13.5. The zero-order valence-corrected chi connectivity index (χ0v) is 28.5. The monoisotopic (exact) mass is 678 g/mol. The van der Waals surface area contributed by atoms with Crippen LogP contribution in [0.2, 0.25) is 0 Å². The highest BCUT2D eigenvalue weighted by Crippen LogP contribution is 2.67. The molecule has 4 aliphatic heterocycles. The molecule has 10 aliphatic rings. The molecule has 50 heavy (non-hydrogen) atoms. The number of aromatic hydroxyl groups is 2. The van der Waals surface area contributed by atoms with Gasteiger partial charge in [-0.25, -0.2) is 0 Å². The fraction of sp³-hybridized carbons (Fsp3) is 0.650. The number of piperidine rings is 2. The van der Waals surface area contributed by atoms with E-state index in [1.807, 2.05) is 12.1 Å². The van der Waals surface area contributed by atoms with Gasteiger partial charge in [0.2, 0.25) is 0 Å². The number of benzene rings is 2. The molecule has 2 spiro atoms. The Labute approximate surface area is 291 Å². The van der Waals surface area contributed by atoms with Crippen LogP contribution in [0.3, 0.4) is 0 Å². The summed E-state index contributed by atoms with van der Waals surface area (Å²) in [5.74, 6) is 2.72. The van der Waals surface area contributed by atoms with Gasteiger partial charge in [-0.1, -0.05) is 12.1 Å². The van der Waals surface area contributed by atoms with Crippen LogP contribution in [-0.4, -0.2) is 103 Å². The van der Waals surface area contributed by atoms with Gasteiger partial charge in [-0.05, 0) is 125 Å². The number of ether oxygens (including phenoxy) is 2. The Hall–Kier alpha value is -3.18. The number of hydrogen-bond donors (Lipinski definition) is 4. The molecule has 2 aromatic carbocycles. The number of aliphatic hydroxyl groups is 2. The summed E-state index contributed by atoms with van der Waals surface area (Å²) in [5, 5.41) is 58.0. The lowest BCUT2D eigenvalue weighted by atomic mass is 9.48. The Morgan fingerprint density at radius 2 is 1.08 bits per heavy atom. The largest absolute Gasteiger partial charge is 0.504 e. The Kier molecular flexibility index (Phi) is 5.54. The third-order valence-corrected chi connectivity index (χ3v) is 15.5. The second-order valence-corrected chi connectivity index (χ2v) is 17.7. The third kappa shape index (κ3) is 3.37. The van der Waals surface area contributed by atoms with E-state index in [0.717, 1.165) is 86.2 Å². The Balaban J connectivity index is 0.947. The van der Waals surface area contributed by atoms with Crippen molar-refractivity contribution in [3.63, 3.8) is 0 Å². The first-order valence-corrected chi connectivity index (χ1v) is 19.4. The number of rotatable bonds is 5. The zero-order valence-electron chi connectivity index (χ0n) is 28.5.